The molecule has 0 spiro atoms. The molecule has 1 aliphatic heterocycles. The average Bonchev–Trinajstić information content (AvgIpc) is 2.63. The molecule has 2 atom stereocenters. The van der Waals surface area contributed by atoms with Crippen LogP contribution in [-0.4, -0.2) is 19.3 Å². The predicted molar refractivity (Wildman–Crippen MR) is 69.5 cm³/mol. The van der Waals surface area contributed by atoms with Gasteiger partial charge in [-0.05, 0) is 26.0 Å². The summed E-state index contributed by atoms with van der Waals surface area (Å²) in [5, 5.41) is 0. The molecule has 17 heavy (non-hydrogen) atoms. The Morgan fingerprint density at radius 2 is 2.29 bits per heavy atom. The molecular formula is C14H19NO2. The highest BCUT2D eigenvalue weighted by molar-refractivity contribution is 5.62. The fraction of sp³-hybridized carbons (Fsp3) is 0.429. The lowest BCUT2D eigenvalue weighted by molar-refractivity contribution is 0.254. The number of methoxy groups -OCH3 is 1. The fourth-order valence-electron chi connectivity index (χ4n) is 2.02. The Balaban J connectivity index is 2.36. The molecule has 1 aliphatic rings. The van der Waals surface area contributed by atoms with Crippen LogP contribution in [0.1, 0.15) is 25.0 Å². The van der Waals surface area contributed by atoms with Crippen molar-refractivity contribution in [2.75, 3.05) is 7.11 Å². The molecule has 0 bridgehead atoms. The van der Waals surface area contributed by atoms with Crippen molar-refractivity contribution in [2.24, 2.45) is 5.73 Å². The van der Waals surface area contributed by atoms with E-state index in [2.05, 4.69) is 13.0 Å². The molecule has 0 saturated heterocycles. The molecule has 3 nitrogen and oxygen atoms in total. The molecular weight excluding hydrogens is 214 g/mol. The lowest BCUT2D eigenvalue weighted by Crippen LogP contribution is -2.09. The molecule has 2 rings (SSSR count). The van der Waals surface area contributed by atoms with E-state index in [0.29, 0.717) is 0 Å². The van der Waals surface area contributed by atoms with Crippen molar-refractivity contribution in [3.63, 3.8) is 0 Å². The largest absolute Gasteiger partial charge is 0.496 e. The van der Waals surface area contributed by atoms with E-state index in [-0.39, 0.29) is 12.1 Å². The fourth-order valence-corrected chi connectivity index (χ4v) is 2.02. The standard InChI is InChI=1S/C14H19NO2/c1-9(15)4-5-11-7-14-12(6-10(2)17-14)8-13(11)16-3/h4-5,7-10H,6,15H2,1-3H3/b5-4+. The van der Waals surface area contributed by atoms with Gasteiger partial charge in [-0.25, -0.2) is 0 Å². The van der Waals surface area contributed by atoms with Gasteiger partial charge >= 0.3 is 0 Å². The normalized spacial score (nSPS) is 20.1. The van der Waals surface area contributed by atoms with Crippen LogP contribution in [0.2, 0.25) is 0 Å². The molecule has 0 radical (unpaired) electrons. The second-order valence-electron chi connectivity index (χ2n) is 4.55. The van der Waals surface area contributed by atoms with Gasteiger partial charge in [0, 0.05) is 23.6 Å². The van der Waals surface area contributed by atoms with E-state index in [4.69, 9.17) is 15.2 Å². The molecule has 0 aromatic heterocycles. The van der Waals surface area contributed by atoms with E-state index in [0.717, 1.165) is 23.5 Å². The van der Waals surface area contributed by atoms with Crippen LogP contribution < -0.4 is 15.2 Å². The van der Waals surface area contributed by atoms with Gasteiger partial charge in [0.25, 0.3) is 0 Å². The topological polar surface area (TPSA) is 44.5 Å². The Bertz CT molecular complexity index is 438. The summed E-state index contributed by atoms with van der Waals surface area (Å²) in [6, 6.07) is 4.11. The van der Waals surface area contributed by atoms with Gasteiger partial charge in [-0.15, -0.1) is 0 Å². The summed E-state index contributed by atoms with van der Waals surface area (Å²) in [5.74, 6) is 1.83. The Kier molecular flexibility index (Phi) is 3.38. The zero-order valence-corrected chi connectivity index (χ0v) is 10.6. The van der Waals surface area contributed by atoms with Gasteiger partial charge in [-0.2, -0.15) is 0 Å². The first kappa shape index (κ1) is 12.0. The lowest BCUT2D eigenvalue weighted by Gasteiger charge is -2.08. The summed E-state index contributed by atoms with van der Waals surface area (Å²) >= 11 is 0. The monoisotopic (exact) mass is 233 g/mol. The smallest absolute Gasteiger partial charge is 0.126 e. The highest BCUT2D eigenvalue weighted by Gasteiger charge is 2.20. The van der Waals surface area contributed by atoms with Gasteiger partial charge in [-0.3, -0.25) is 0 Å². The minimum atomic E-state index is 0.0350. The average molecular weight is 233 g/mol. The number of fused-ring (bicyclic) bond motifs is 1. The number of hydrogen-bond donors (Lipinski definition) is 1. The Morgan fingerprint density at radius 3 is 2.94 bits per heavy atom. The maximum Gasteiger partial charge on any atom is 0.126 e. The lowest BCUT2D eigenvalue weighted by atomic mass is 10.1. The molecule has 0 saturated carbocycles. The van der Waals surface area contributed by atoms with Crippen molar-refractivity contribution >= 4 is 6.08 Å². The molecule has 2 unspecified atom stereocenters. The van der Waals surface area contributed by atoms with E-state index >= 15 is 0 Å². The van der Waals surface area contributed by atoms with E-state index in [1.165, 1.54) is 5.56 Å². The van der Waals surface area contributed by atoms with E-state index in [1.54, 1.807) is 7.11 Å². The molecule has 1 aromatic rings. The number of rotatable bonds is 3. The van der Waals surface area contributed by atoms with Gasteiger partial charge in [0.05, 0.1) is 7.11 Å². The minimum absolute atomic E-state index is 0.0350. The highest BCUT2D eigenvalue weighted by atomic mass is 16.5. The zero-order chi connectivity index (χ0) is 12.4. The maximum absolute atomic E-state index is 5.73. The number of ether oxygens (including phenoxy) is 2. The van der Waals surface area contributed by atoms with E-state index < -0.39 is 0 Å². The number of hydrogen-bond acceptors (Lipinski definition) is 3. The third-order valence-electron chi connectivity index (χ3n) is 2.83. The predicted octanol–water partition coefficient (Wildman–Crippen LogP) is 2.38. The summed E-state index contributed by atoms with van der Waals surface area (Å²) in [4.78, 5) is 0. The molecule has 2 N–H and O–H groups in total. The third-order valence-corrected chi connectivity index (χ3v) is 2.83. The van der Waals surface area contributed by atoms with E-state index in [1.807, 2.05) is 25.1 Å². The molecule has 0 fully saturated rings. The molecule has 1 heterocycles. The van der Waals surface area contributed by atoms with Crippen molar-refractivity contribution in [1.29, 1.82) is 0 Å². The second-order valence-corrected chi connectivity index (χ2v) is 4.55. The van der Waals surface area contributed by atoms with Crippen LogP contribution in [0.25, 0.3) is 6.08 Å². The number of nitrogens with two attached hydrogens (primary N) is 1. The van der Waals surface area contributed by atoms with Gasteiger partial charge in [-0.1, -0.05) is 12.2 Å². The summed E-state index contributed by atoms with van der Waals surface area (Å²) in [5.41, 5.74) is 7.93. The van der Waals surface area contributed by atoms with Gasteiger partial charge in [0.2, 0.25) is 0 Å². The van der Waals surface area contributed by atoms with Gasteiger partial charge in [0.15, 0.2) is 0 Å². The van der Waals surface area contributed by atoms with E-state index in [9.17, 15) is 0 Å². The van der Waals surface area contributed by atoms with Crippen molar-refractivity contribution in [3.05, 3.63) is 29.3 Å². The summed E-state index contributed by atoms with van der Waals surface area (Å²) in [6.07, 6.45) is 5.13. The highest BCUT2D eigenvalue weighted by Crippen LogP contribution is 2.35. The minimum Gasteiger partial charge on any atom is -0.496 e. The van der Waals surface area contributed by atoms with Crippen molar-refractivity contribution in [1.82, 2.24) is 0 Å². The van der Waals surface area contributed by atoms with Crippen LogP contribution in [0.3, 0.4) is 0 Å². The maximum atomic E-state index is 5.73. The Labute approximate surface area is 102 Å². The summed E-state index contributed by atoms with van der Waals surface area (Å²) < 4.78 is 11.1. The van der Waals surface area contributed by atoms with Crippen LogP contribution in [0, 0.1) is 0 Å². The first-order valence-corrected chi connectivity index (χ1v) is 5.91. The summed E-state index contributed by atoms with van der Waals surface area (Å²) in [6.45, 7) is 4.01. The quantitative estimate of drug-likeness (QED) is 0.871. The van der Waals surface area contributed by atoms with Crippen LogP contribution in [-0.2, 0) is 6.42 Å². The van der Waals surface area contributed by atoms with Crippen molar-refractivity contribution < 1.29 is 9.47 Å². The second kappa shape index (κ2) is 4.80. The number of benzene rings is 1. The molecule has 0 aliphatic carbocycles. The summed E-state index contributed by atoms with van der Waals surface area (Å²) in [7, 11) is 1.68. The molecule has 1 aromatic carbocycles. The van der Waals surface area contributed by atoms with Gasteiger partial charge < -0.3 is 15.2 Å². The van der Waals surface area contributed by atoms with Crippen molar-refractivity contribution in [3.8, 4) is 11.5 Å². The first-order chi connectivity index (χ1) is 8.10. The SMILES string of the molecule is COc1cc2c(cc1/C=C/C(C)N)OC(C)C2. The van der Waals surface area contributed by atoms with Crippen LogP contribution in [0.4, 0.5) is 0 Å². The third kappa shape index (κ3) is 2.61. The molecule has 92 valence electrons. The molecule has 3 heteroatoms. The van der Waals surface area contributed by atoms with Crippen LogP contribution in [0.5, 0.6) is 11.5 Å². The van der Waals surface area contributed by atoms with Gasteiger partial charge in [0.1, 0.15) is 17.6 Å². The Hall–Kier alpha value is -1.48. The molecule has 0 amide bonds. The zero-order valence-electron chi connectivity index (χ0n) is 10.6. The Morgan fingerprint density at radius 1 is 1.53 bits per heavy atom. The van der Waals surface area contributed by atoms with Crippen LogP contribution in [0.15, 0.2) is 18.2 Å². The van der Waals surface area contributed by atoms with Crippen LogP contribution >= 0.6 is 0 Å². The van der Waals surface area contributed by atoms with Crippen molar-refractivity contribution in [2.45, 2.75) is 32.4 Å². The first-order valence-electron chi connectivity index (χ1n) is 5.91.